The smallest absolute Gasteiger partial charge is 0.314 e. The number of nitrogens with zero attached hydrogens (tertiary/aromatic N) is 2. The van der Waals surface area contributed by atoms with Crippen molar-refractivity contribution in [3.8, 4) is 12.1 Å². The molecule has 0 saturated heterocycles. The molecule has 130 valence electrons. The fraction of sp³-hybridized carbons (Fsp3) is 0.500. The van der Waals surface area contributed by atoms with E-state index in [-0.39, 0.29) is 19.0 Å². The molecule has 0 aromatic heterocycles. The Kier molecular flexibility index (Phi) is 3.65. The lowest BCUT2D eigenvalue weighted by Crippen LogP contribution is -2.91. The lowest BCUT2D eigenvalue weighted by molar-refractivity contribution is -0.694. The number of halogens is 1. The predicted molar refractivity (Wildman–Crippen MR) is 86.0 cm³/mol. The fourth-order valence-electron chi connectivity index (χ4n) is 4.61. The third-order valence-electron chi connectivity index (χ3n) is 5.65. The maximum absolute atomic E-state index is 13.4. The van der Waals surface area contributed by atoms with Crippen molar-refractivity contribution in [2.75, 3.05) is 13.2 Å². The van der Waals surface area contributed by atoms with Gasteiger partial charge in [-0.25, -0.2) is 9.38 Å². The molecule has 3 rings (SSSR count). The monoisotopic (exact) mass is 343 g/mol. The van der Waals surface area contributed by atoms with Crippen LogP contribution in [-0.4, -0.2) is 25.0 Å². The summed E-state index contributed by atoms with van der Waals surface area (Å²) >= 11 is 0. The lowest BCUT2D eigenvalue weighted by Gasteiger charge is -2.32. The molecule has 1 aliphatic carbocycles. The van der Waals surface area contributed by atoms with Crippen LogP contribution >= 0.6 is 0 Å². The second-order valence-electron chi connectivity index (χ2n) is 6.38. The summed E-state index contributed by atoms with van der Waals surface area (Å²) in [6, 6.07) is 10.3. The van der Waals surface area contributed by atoms with Crippen molar-refractivity contribution in [2.24, 2.45) is 16.6 Å². The minimum absolute atomic E-state index is 0.130. The van der Waals surface area contributed by atoms with Crippen LogP contribution in [0.5, 0.6) is 0 Å². The van der Waals surface area contributed by atoms with Gasteiger partial charge in [0, 0.05) is 0 Å². The number of benzene rings is 1. The van der Waals surface area contributed by atoms with Crippen LogP contribution in [0.15, 0.2) is 24.3 Å². The first-order valence-electron chi connectivity index (χ1n) is 8.15. The SMILES string of the molecule is CCOC1(OCC)[NH+]=C(N)[C@@]2(C#N)[C@@](C)(c3ccc(F)cc3)[C@@]12C#N. The number of amidine groups is 1. The van der Waals surface area contributed by atoms with Gasteiger partial charge in [0.2, 0.25) is 0 Å². The average molecular weight is 343 g/mol. The van der Waals surface area contributed by atoms with Crippen molar-refractivity contribution in [1.82, 2.24) is 0 Å². The summed E-state index contributed by atoms with van der Waals surface area (Å²) < 4.78 is 25.1. The van der Waals surface area contributed by atoms with E-state index in [1.54, 1.807) is 32.9 Å². The number of hydrogen-bond donors (Lipinski definition) is 2. The van der Waals surface area contributed by atoms with E-state index in [2.05, 4.69) is 17.1 Å². The molecule has 1 saturated carbocycles. The number of rotatable bonds is 5. The minimum Gasteiger partial charge on any atom is -0.314 e. The Bertz CT molecular complexity index is 819. The Labute approximate surface area is 145 Å². The second kappa shape index (κ2) is 5.26. The molecule has 0 radical (unpaired) electrons. The van der Waals surface area contributed by atoms with E-state index < -0.39 is 28.0 Å². The summed E-state index contributed by atoms with van der Waals surface area (Å²) in [5, 5.41) is 20.2. The van der Waals surface area contributed by atoms with Crippen molar-refractivity contribution in [1.29, 1.82) is 10.5 Å². The highest BCUT2D eigenvalue weighted by molar-refractivity contribution is 5.97. The number of nitrogens with one attached hydrogen (secondary N) is 1. The molecule has 3 atom stereocenters. The summed E-state index contributed by atoms with van der Waals surface area (Å²) in [6.45, 7) is 5.82. The van der Waals surface area contributed by atoms with Crippen LogP contribution in [0.25, 0.3) is 0 Å². The van der Waals surface area contributed by atoms with Gasteiger partial charge < -0.3 is 9.47 Å². The van der Waals surface area contributed by atoms with E-state index in [4.69, 9.17) is 15.2 Å². The van der Waals surface area contributed by atoms with Crippen LogP contribution in [0.2, 0.25) is 0 Å². The van der Waals surface area contributed by atoms with Crippen LogP contribution in [-0.2, 0) is 14.9 Å². The molecule has 0 amide bonds. The standard InChI is InChI=1S/C18H19FN4O2/c1-4-24-18(25-5-2)17(11-21)15(3,12-6-8-13(19)9-7-12)16(17,10-20)14(22)23-18/h6-9H,4-5H2,1-3H3,(H2,22,23)/p+1/t15-,16+,17-/m1/s1. The zero-order valence-electron chi connectivity index (χ0n) is 14.4. The first-order chi connectivity index (χ1) is 11.9. The topological polar surface area (TPSA) is 106 Å². The number of nitrogens with two attached hydrogens (primary N) is 1. The summed E-state index contributed by atoms with van der Waals surface area (Å²) in [5.74, 6) is -1.81. The third kappa shape index (κ3) is 1.56. The molecular formula is C18H20FN4O2+. The maximum Gasteiger partial charge on any atom is 0.343 e. The molecule has 7 heteroatoms. The first kappa shape index (κ1) is 17.3. The van der Waals surface area contributed by atoms with Gasteiger partial charge in [0.25, 0.3) is 5.84 Å². The van der Waals surface area contributed by atoms with Crippen molar-refractivity contribution in [2.45, 2.75) is 32.1 Å². The molecule has 2 aliphatic rings. The number of nitriles is 2. The Morgan fingerprint density at radius 2 is 1.68 bits per heavy atom. The van der Waals surface area contributed by atoms with Gasteiger partial charge in [-0.2, -0.15) is 10.5 Å². The molecule has 25 heavy (non-hydrogen) atoms. The Morgan fingerprint density at radius 1 is 1.12 bits per heavy atom. The second-order valence-corrected chi connectivity index (χ2v) is 6.38. The highest BCUT2D eigenvalue weighted by atomic mass is 19.1. The van der Waals surface area contributed by atoms with Crippen molar-refractivity contribution in [3.05, 3.63) is 35.6 Å². The zero-order valence-corrected chi connectivity index (χ0v) is 14.4. The fourth-order valence-corrected chi connectivity index (χ4v) is 4.61. The van der Waals surface area contributed by atoms with E-state index in [0.717, 1.165) is 0 Å². The van der Waals surface area contributed by atoms with Gasteiger partial charge in [-0.05, 0) is 31.5 Å². The third-order valence-corrected chi connectivity index (χ3v) is 5.65. The molecule has 0 spiro atoms. The Morgan fingerprint density at radius 3 is 2.12 bits per heavy atom. The molecular weight excluding hydrogens is 323 g/mol. The van der Waals surface area contributed by atoms with Crippen LogP contribution in [0.3, 0.4) is 0 Å². The zero-order chi connectivity index (χ0) is 18.5. The number of fused-ring (bicyclic) bond motifs is 1. The van der Waals surface area contributed by atoms with E-state index in [1.165, 1.54) is 12.1 Å². The van der Waals surface area contributed by atoms with Crippen LogP contribution in [0.4, 0.5) is 4.39 Å². The molecule has 1 aromatic carbocycles. The summed E-state index contributed by atoms with van der Waals surface area (Å²) in [4.78, 5) is 2.92. The molecule has 3 N–H and O–H groups in total. The number of ether oxygens (including phenoxy) is 2. The normalized spacial score (nSPS) is 34.6. The van der Waals surface area contributed by atoms with E-state index in [1.807, 2.05) is 0 Å². The van der Waals surface area contributed by atoms with Crippen molar-refractivity contribution < 1.29 is 18.9 Å². The molecule has 1 aliphatic heterocycles. The molecule has 1 fully saturated rings. The van der Waals surface area contributed by atoms with Gasteiger partial charge in [-0.1, -0.05) is 19.1 Å². The number of hydrogen-bond acceptors (Lipinski definition) is 5. The van der Waals surface area contributed by atoms with Crippen LogP contribution < -0.4 is 10.7 Å². The molecule has 1 aromatic rings. The summed E-state index contributed by atoms with van der Waals surface area (Å²) in [7, 11) is 0. The van der Waals surface area contributed by atoms with Gasteiger partial charge in [0.05, 0.1) is 30.8 Å². The van der Waals surface area contributed by atoms with E-state index in [0.29, 0.717) is 5.56 Å². The Balaban J connectivity index is 2.30. The van der Waals surface area contributed by atoms with Gasteiger partial charge in [0.15, 0.2) is 10.8 Å². The average Bonchev–Trinajstić information content (AvgIpc) is 3.01. The van der Waals surface area contributed by atoms with E-state index >= 15 is 0 Å². The summed E-state index contributed by atoms with van der Waals surface area (Å²) in [6.07, 6.45) is 0. The first-order valence-corrected chi connectivity index (χ1v) is 8.15. The summed E-state index contributed by atoms with van der Waals surface area (Å²) in [5.41, 5.74) is 3.06. The van der Waals surface area contributed by atoms with Crippen molar-refractivity contribution >= 4 is 5.84 Å². The largest absolute Gasteiger partial charge is 0.343 e. The predicted octanol–water partition coefficient (Wildman–Crippen LogP) is 0.295. The quantitative estimate of drug-likeness (QED) is 0.748. The molecule has 1 heterocycles. The van der Waals surface area contributed by atoms with Crippen molar-refractivity contribution in [3.63, 3.8) is 0 Å². The molecule has 0 unspecified atom stereocenters. The van der Waals surface area contributed by atoms with Crippen LogP contribution in [0, 0.1) is 39.3 Å². The molecule has 0 bridgehead atoms. The van der Waals surface area contributed by atoms with Gasteiger partial charge >= 0.3 is 5.91 Å². The Hall–Kier alpha value is -2.48. The highest BCUT2D eigenvalue weighted by Gasteiger charge is 3.03. The van der Waals surface area contributed by atoms with E-state index in [9.17, 15) is 14.9 Å². The van der Waals surface area contributed by atoms with Gasteiger partial charge in [0.1, 0.15) is 5.82 Å². The maximum atomic E-state index is 13.4. The minimum atomic E-state index is -1.55. The van der Waals surface area contributed by atoms with Gasteiger partial charge in [-0.15, -0.1) is 0 Å². The lowest BCUT2D eigenvalue weighted by atomic mass is 9.84. The molecule has 6 nitrogen and oxygen atoms in total. The highest BCUT2D eigenvalue weighted by Crippen LogP contribution is 2.82. The van der Waals surface area contributed by atoms with Crippen LogP contribution in [0.1, 0.15) is 26.3 Å². The van der Waals surface area contributed by atoms with Gasteiger partial charge in [-0.3, -0.25) is 5.73 Å².